The van der Waals surface area contributed by atoms with Crippen molar-refractivity contribution >= 4 is 0 Å². The molecule has 0 saturated carbocycles. The smallest absolute Gasteiger partial charge is 0.0397 e. The number of allylic oxidation sites excluding steroid dienone is 3. The predicted molar refractivity (Wildman–Crippen MR) is 107 cm³/mol. The number of hydrogen-bond donors (Lipinski definition) is 0. The Morgan fingerprint density at radius 3 is 1.30 bits per heavy atom. The maximum atomic E-state index is 2.65. The Balaban J connectivity index is 0.00000232. The molecule has 136 valence electrons. The standard InChI is InChI=1S/C20H37N.C2H6/c1-12(2)17-11-21(16(9)10)20(15(7)8)19(14(5)6)18(17)13(3)4;1-2/h12-16H,11H2,1-10H3;1-2H3. The molecule has 1 heteroatoms. The van der Waals surface area contributed by atoms with Crippen molar-refractivity contribution in [2.45, 2.75) is 89.1 Å². The fraction of sp³-hybridized carbons (Fsp3) is 0.818. The van der Waals surface area contributed by atoms with E-state index in [1.165, 1.54) is 0 Å². The van der Waals surface area contributed by atoms with E-state index < -0.39 is 0 Å². The van der Waals surface area contributed by atoms with Gasteiger partial charge < -0.3 is 4.90 Å². The van der Waals surface area contributed by atoms with Gasteiger partial charge in [0.25, 0.3) is 0 Å². The second-order valence-corrected chi connectivity index (χ2v) is 8.08. The van der Waals surface area contributed by atoms with Crippen LogP contribution in [0.1, 0.15) is 83.1 Å². The van der Waals surface area contributed by atoms with Gasteiger partial charge in [0.15, 0.2) is 0 Å². The first kappa shape index (κ1) is 22.3. The van der Waals surface area contributed by atoms with Gasteiger partial charge in [-0.1, -0.05) is 69.2 Å². The number of hydrogen-bond acceptors (Lipinski definition) is 1. The average molecular weight is 322 g/mol. The van der Waals surface area contributed by atoms with Crippen molar-refractivity contribution in [3.63, 3.8) is 0 Å². The zero-order valence-electron chi connectivity index (χ0n) is 18.0. The van der Waals surface area contributed by atoms with Crippen molar-refractivity contribution in [3.05, 3.63) is 22.4 Å². The normalized spacial score (nSPS) is 16.3. The molecule has 0 aromatic rings. The molecule has 0 unspecified atom stereocenters. The molecule has 23 heavy (non-hydrogen) atoms. The monoisotopic (exact) mass is 321 g/mol. The third-order valence-corrected chi connectivity index (χ3v) is 4.58. The minimum atomic E-state index is 0.568. The van der Waals surface area contributed by atoms with Gasteiger partial charge in [-0.2, -0.15) is 0 Å². The Hall–Kier alpha value is -0.720. The van der Waals surface area contributed by atoms with Crippen LogP contribution in [0.2, 0.25) is 0 Å². The van der Waals surface area contributed by atoms with E-state index in [2.05, 4.69) is 74.1 Å². The Bertz CT molecular complexity index is 419. The van der Waals surface area contributed by atoms with Crippen LogP contribution in [-0.4, -0.2) is 17.5 Å². The van der Waals surface area contributed by atoms with Gasteiger partial charge in [-0.25, -0.2) is 0 Å². The van der Waals surface area contributed by atoms with Crippen LogP contribution in [0.3, 0.4) is 0 Å². The summed E-state index contributed by atoms with van der Waals surface area (Å²) in [6.07, 6.45) is 0. The summed E-state index contributed by atoms with van der Waals surface area (Å²) in [6.45, 7) is 28.7. The van der Waals surface area contributed by atoms with Crippen molar-refractivity contribution in [1.82, 2.24) is 4.90 Å². The molecule has 0 amide bonds. The Morgan fingerprint density at radius 1 is 0.609 bits per heavy atom. The van der Waals surface area contributed by atoms with Crippen LogP contribution >= 0.6 is 0 Å². The first-order valence-electron chi connectivity index (χ1n) is 9.83. The van der Waals surface area contributed by atoms with Crippen LogP contribution in [0, 0.1) is 23.7 Å². The average Bonchev–Trinajstić information content (AvgIpc) is 2.46. The molecule has 0 saturated heterocycles. The molecule has 0 spiro atoms. The zero-order valence-corrected chi connectivity index (χ0v) is 18.0. The van der Waals surface area contributed by atoms with Gasteiger partial charge >= 0.3 is 0 Å². The lowest BCUT2D eigenvalue weighted by molar-refractivity contribution is 0.256. The molecule has 1 aliphatic heterocycles. The maximum absolute atomic E-state index is 2.65. The summed E-state index contributed by atoms with van der Waals surface area (Å²) in [7, 11) is 0. The van der Waals surface area contributed by atoms with E-state index in [1.807, 2.05) is 13.8 Å². The van der Waals surface area contributed by atoms with Crippen molar-refractivity contribution in [2.24, 2.45) is 23.7 Å². The second kappa shape index (κ2) is 9.55. The van der Waals surface area contributed by atoms with Crippen molar-refractivity contribution in [2.75, 3.05) is 6.54 Å². The summed E-state index contributed by atoms with van der Waals surface area (Å²) >= 11 is 0. The van der Waals surface area contributed by atoms with Crippen molar-refractivity contribution in [1.29, 1.82) is 0 Å². The molecule has 1 rings (SSSR count). The van der Waals surface area contributed by atoms with Crippen LogP contribution in [0.4, 0.5) is 0 Å². The van der Waals surface area contributed by atoms with Gasteiger partial charge in [0.2, 0.25) is 0 Å². The Kier molecular flexibility index (Phi) is 9.25. The van der Waals surface area contributed by atoms with Gasteiger partial charge in [0, 0.05) is 18.3 Å². The molecule has 0 atom stereocenters. The molecule has 0 N–H and O–H groups in total. The fourth-order valence-corrected chi connectivity index (χ4v) is 3.71. The van der Waals surface area contributed by atoms with Gasteiger partial charge in [0.05, 0.1) is 0 Å². The molecule has 0 bridgehead atoms. The zero-order chi connectivity index (χ0) is 18.5. The van der Waals surface area contributed by atoms with Gasteiger partial charge in [0.1, 0.15) is 0 Å². The van der Waals surface area contributed by atoms with Crippen LogP contribution in [0.5, 0.6) is 0 Å². The van der Waals surface area contributed by atoms with E-state index in [-0.39, 0.29) is 0 Å². The minimum Gasteiger partial charge on any atom is -0.368 e. The second-order valence-electron chi connectivity index (χ2n) is 8.08. The molecule has 0 radical (unpaired) electrons. The highest BCUT2D eigenvalue weighted by molar-refractivity contribution is 5.46. The molecular formula is C22H43N. The highest BCUT2D eigenvalue weighted by Crippen LogP contribution is 2.42. The van der Waals surface area contributed by atoms with Crippen molar-refractivity contribution < 1.29 is 0 Å². The molecule has 0 aromatic carbocycles. The van der Waals surface area contributed by atoms with Crippen molar-refractivity contribution in [3.8, 4) is 0 Å². The number of rotatable bonds is 5. The Labute approximate surface area is 147 Å². The first-order chi connectivity index (χ1) is 10.6. The third kappa shape index (κ3) is 5.13. The maximum Gasteiger partial charge on any atom is 0.0397 e. The molecule has 0 aliphatic carbocycles. The topological polar surface area (TPSA) is 3.24 Å². The molecule has 0 aromatic heterocycles. The summed E-state index contributed by atoms with van der Waals surface area (Å²) < 4.78 is 0. The predicted octanol–water partition coefficient (Wildman–Crippen LogP) is 6.91. The third-order valence-electron chi connectivity index (χ3n) is 4.58. The highest BCUT2D eigenvalue weighted by Gasteiger charge is 2.32. The summed E-state index contributed by atoms with van der Waals surface area (Å²) in [5.74, 6) is 2.43. The van der Waals surface area contributed by atoms with Crippen LogP contribution < -0.4 is 0 Å². The highest BCUT2D eigenvalue weighted by atomic mass is 15.2. The molecule has 1 aliphatic rings. The largest absolute Gasteiger partial charge is 0.368 e. The lowest BCUT2D eigenvalue weighted by Gasteiger charge is -2.44. The summed E-state index contributed by atoms with van der Waals surface area (Å²) in [4.78, 5) is 2.65. The molecule has 1 heterocycles. The van der Waals surface area contributed by atoms with Crippen LogP contribution in [-0.2, 0) is 0 Å². The lowest BCUT2D eigenvalue weighted by atomic mass is 9.76. The van der Waals surface area contributed by atoms with E-state index in [1.54, 1.807) is 22.4 Å². The van der Waals surface area contributed by atoms with Gasteiger partial charge in [-0.05, 0) is 54.2 Å². The van der Waals surface area contributed by atoms with E-state index in [9.17, 15) is 0 Å². The minimum absolute atomic E-state index is 0.568. The molecular weight excluding hydrogens is 278 g/mol. The first-order valence-corrected chi connectivity index (χ1v) is 9.83. The van der Waals surface area contributed by atoms with Crippen LogP contribution in [0.25, 0.3) is 0 Å². The number of nitrogens with zero attached hydrogens (tertiary/aromatic N) is 1. The van der Waals surface area contributed by atoms with E-state index >= 15 is 0 Å². The SMILES string of the molecule is CC.CC(C)C1=C(C(C)C)C(C(C)C)=C(C(C)C)N(C(C)C)C1. The fourth-order valence-electron chi connectivity index (χ4n) is 3.71. The lowest BCUT2D eigenvalue weighted by Crippen LogP contribution is -2.40. The summed E-state index contributed by atoms with van der Waals surface area (Å²) in [6, 6.07) is 0.568. The van der Waals surface area contributed by atoms with E-state index in [4.69, 9.17) is 0 Å². The van der Waals surface area contributed by atoms with E-state index in [0.717, 1.165) is 6.54 Å². The van der Waals surface area contributed by atoms with Gasteiger partial charge in [-0.15, -0.1) is 0 Å². The van der Waals surface area contributed by atoms with E-state index in [0.29, 0.717) is 29.7 Å². The summed E-state index contributed by atoms with van der Waals surface area (Å²) in [5.41, 5.74) is 6.53. The molecule has 1 nitrogen and oxygen atoms in total. The van der Waals surface area contributed by atoms with Crippen LogP contribution in [0.15, 0.2) is 22.4 Å². The van der Waals surface area contributed by atoms with Gasteiger partial charge in [-0.3, -0.25) is 0 Å². The Morgan fingerprint density at radius 2 is 1.04 bits per heavy atom. The quantitative estimate of drug-likeness (QED) is 0.531. The summed E-state index contributed by atoms with van der Waals surface area (Å²) in [5, 5.41) is 0. The molecule has 0 fully saturated rings.